The number of likely N-dealkylation sites (tertiary alicyclic amines) is 1. The van der Waals surface area contributed by atoms with Gasteiger partial charge >= 0.3 is 0 Å². The third kappa shape index (κ3) is 2.97. The van der Waals surface area contributed by atoms with Crippen LogP contribution in [-0.4, -0.2) is 48.8 Å². The lowest BCUT2D eigenvalue weighted by atomic mass is 9.79. The van der Waals surface area contributed by atoms with E-state index in [4.69, 9.17) is 14.2 Å². The number of aromatic amines is 1. The zero-order valence-electron chi connectivity index (χ0n) is 15.8. The van der Waals surface area contributed by atoms with Crippen LogP contribution in [0, 0.1) is 6.92 Å². The summed E-state index contributed by atoms with van der Waals surface area (Å²) in [6.07, 6.45) is 4.67. The Kier molecular flexibility index (Phi) is 4.63. The van der Waals surface area contributed by atoms with Gasteiger partial charge in [-0.15, -0.1) is 0 Å². The number of imidazole rings is 1. The molecule has 1 saturated heterocycles. The van der Waals surface area contributed by atoms with Gasteiger partial charge in [0.25, 0.3) is 0 Å². The molecule has 1 aromatic carbocycles. The van der Waals surface area contributed by atoms with Crippen molar-refractivity contribution in [3.63, 3.8) is 0 Å². The van der Waals surface area contributed by atoms with Gasteiger partial charge in [0.1, 0.15) is 0 Å². The van der Waals surface area contributed by atoms with Gasteiger partial charge in [-0.1, -0.05) is 0 Å². The van der Waals surface area contributed by atoms with E-state index in [0.717, 1.165) is 68.4 Å². The highest BCUT2D eigenvalue weighted by Crippen LogP contribution is 2.45. The van der Waals surface area contributed by atoms with Crippen molar-refractivity contribution in [2.24, 2.45) is 0 Å². The lowest BCUT2D eigenvalue weighted by Crippen LogP contribution is -2.46. The number of hydrogen-bond acceptors (Lipinski definition) is 5. The molecule has 0 amide bonds. The van der Waals surface area contributed by atoms with E-state index in [1.807, 2.05) is 0 Å². The molecule has 0 saturated carbocycles. The fourth-order valence-electron chi connectivity index (χ4n) is 4.23. The van der Waals surface area contributed by atoms with E-state index in [9.17, 15) is 0 Å². The number of hydrogen-bond donors (Lipinski definition) is 1. The number of ether oxygens (including phenoxy) is 3. The topological polar surface area (TPSA) is 59.6 Å². The van der Waals surface area contributed by atoms with Gasteiger partial charge in [-0.3, -0.25) is 4.90 Å². The van der Waals surface area contributed by atoms with Crippen molar-refractivity contribution in [3.8, 4) is 11.5 Å². The number of nitrogens with one attached hydrogen (secondary N) is 1. The van der Waals surface area contributed by atoms with Crippen LogP contribution in [0.25, 0.3) is 0 Å². The maximum atomic E-state index is 6.37. The van der Waals surface area contributed by atoms with Crippen molar-refractivity contribution in [2.75, 3.05) is 33.9 Å². The fraction of sp³-hybridized carbons (Fsp3) is 0.550. The molecular weight excluding hydrogens is 330 g/mol. The Labute approximate surface area is 154 Å². The van der Waals surface area contributed by atoms with Gasteiger partial charge in [0.2, 0.25) is 0 Å². The molecule has 26 heavy (non-hydrogen) atoms. The minimum absolute atomic E-state index is 0.204. The molecule has 2 aliphatic rings. The van der Waals surface area contributed by atoms with Crippen molar-refractivity contribution >= 4 is 0 Å². The van der Waals surface area contributed by atoms with Gasteiger partial charge in [-0.2, -0.15) is 0 Å². The highest BCUT2D eigenvalue weighted by molar-refractivity contribution is 5.50. The first-order valence-corrected chi connectivity index (χ1v) is 9.26. The Morgan fingerprint density at radius 3 is 2.58 bits per heavy atom. The summed E-state index contributed by atoms with van der Waals surface area (Å²) in [5, 5.41) is 0. The number of H-pyrrole nitrogens is 1. The van der Waals surface area contributed by atoms with E-state index < -0.39 is 0 Å². The summed E-state index contributed by atoms with van der Waals surface area (Å²) >= 11 is 0. The van der Waals surface area contributed by atoms with Gasteiger partial charge in [0.15, 0.2) is 11.5 Å². The van der Waals surface area contributed by atoms with E-state index in [2.05, 4.69) is 33.9 Å². The second kappa shape index (κ2) is 6.93. The van der Waals surface area contributed by atoms with Gasteiger partial charge in [0.05, 0.1) is 38.4 Å². The predicted molar refractivity (Wildman–Crippen MR) is 98.7 cm³/mol. The van der Waals surface area contributed by atoms with Crippen LogP contribution >= 0.6 is 0 Å². The lowest BCUT2D eigenvalue weighted by molar-refractivity contribution is -0.0991. The molecule has 4 rings (SSSR count). The Morgan fingerprint density at radius 2 is 1.92 bits per heavy atom. The smallest absolute Gasteiger partial charge is 0.161 e. The first-order chi connectivity index (χ1) is 12.6. The zero-order valence-corrected chi connectivity index (χ0v) is 15.8. The quantitative estimate of drug-likeness (QED) is 0.912. The van der Waals surface area contributed by atoms with Crippen molar-refractivity contribution in [3.05, 3.63) is 41.0 Å². The molecule has 1 N–H and O–H groups in total. The molecule has 1 aromatic heterocycles. The summed E-state index contributed by atoms with van der Waals surface area (Å²) in [6.45, 7) is 5.74. The summed E-state index contributed by atoms with van der Waals surface area (Å²) in [6, 6.07) is 4.25. The summed E-state index contributed by atoms with van der Waals surface area (Å²) in [5.41, 5.74) is 4.69. The van der Waals surface area contributed by atoms with Crippen molar-refractivity contribution in [1.29, 1.82) is 0 Å². The number of nitrogens with zero attached hydrogens (tertiary/aromatic N) is 2. The Bertz CT molecular complexity index is 779. The van der Waals surface area contributed by atoms with Crippen molar-refractivity contribution in [2.45, 2.75) is 38.3 Å². The molecule has 140 valence electrons. The monoisotopic (exact) mass is 357 g/mol. The molecule has 6 nitrogen and oxygen atoms in total. The summed E-state index contributed by atoms with van der Waals surface area (Å²) in [7, 11) is 3.38. The molecule has 0 aliphatic carbocycles. The molecule has 2 aromatic rings. The Hall–Kier alpha value is -2.05. The number of rotatable bonds is 4. The third-order valence-electron chi connectivity index (χ3n) is 5.82. The molecule has 3 heterocycles. The molecule has 6 heteroatoms. The minimum Gasteiger partial charge on any atom is -0.493 e. The van der Waals surface area contributed by atoms with E-state index >= 15 is 0 Å². The third-order valence-corrected chi connectivity index (χ3v) is 5.82. The van der Waals surface area contributed by atoms with Crippen LogP contribution in [0.4, 0.5) is 0 Å². The lowest BCUT2D eigenvalue weighted by Gasteiger charge is -2.45. The molecule has 0 bridgehead atoms. The van der Waals surface area contributed by atoms with Crippen LogP contribution < -0.4 is 9.47 Å². The first kappa shape index (κ1) is 17.4. The highest BCUT2D eigenvalue weighted by atomic mass is 16.5. The number of fused-ring (bicyclic) bond motifs is 2. The van der Waals surface area contributed by atoms with Gasteiger partial charge in [0, 0.05) is 25.3 Å². The molecule has 1 spiro atoms. The second-order valence-corrected chi connectivity index (χ2v) is 7.21. The van der Waals surface area contributed by atoms with Crippen LogP contribution in [0.2, 0.25) is 0 Å². The van der Waals surface area contributed by atoms with Gasteiger partial charge in [-0.25, -0.2) is 4.98 Å². The summed E-state index contributed by atoms with van der Waals surface area (Å²) in [5.74, 6) is 1.58. The Balaban J connectivity index is 1.55. The van der Waals surface area contributed by atoms with Crippen molar-refractivity contribution < 1.29 is 14.2 Å². The molecule has 0 unspecified atom stereocenters. The molecule has 1 fully saturated rings. The number of methoxy groups -OCH3 is 2. The maximum Gasteiger partial charge on any atom is 0.161 e. The van der Waals surface area contributed by atoms with Crippen molar-refractivity contribution in [1.82, 2.24) is 14.9 Å². The standard InChI is InChI=1S/C20H27N3O3/c1-14-17(22-13-21-14)12-23-7-5-20(6-8-23)16-11-19(25-3)18(24-2)10-15(16)4-9-26-20/h10-11,13H,4-9,12H2,1-3H3,(H,21,22). The molecule has 0 radical (unpaired) electrons. The first-order valence-electron chi connectivity index (χ1n) is 9.26. The second-order valence-electron chi connectivity index (χ2n) is 7.21. The number of piperidine rings is 1. The van der Waals surface area contributed by atoms with E-state index in [0.29, 0.717) is 0 Å². The number of aromatic nitrogens is 2. The van der Waals surface area contributed by atoms with Gasteiger partial charge in [-0.05, 0) is 49.4 Å². The average molecular weight is 357 g/mol. The average Bonchev–Trinajstić information content (AvgIpc) is 3.07. The number of benzene rings is 1. The normalized spacial score (nSPS) is 19.3. The van der Waals surface area contributed by atoms with Crippen LogP contribution in [0.1, 0.15) is 35.4 Å². The SMILES string of the molecule is COc1cc2c(cc1OC)C1(CCN(Cc3nc[nH]c3C)CC1)OCC2. The van der Waals surface area contributed by atoms with Crippen LogP contribution in [0.5, 0.6) is 11.5 Å². The largest absolute Gasteiger partial charge is 0.493 e. The van der Waals surface area contributed by atoms with Crippen LogP contribution in [0.15, 0.2) is 18.5 Å². The Morgan fingerprint density at radius 1 is 1.19 bits per heavy atom. The van der Waals surface area contributed by atoms with Crippen LogP contribution in [-0.2, 0) is 23.3 Å². The van der Waals surface area contributed by atoms with E-state index in [1.54, 1.807) is 20.5 Å². The van der Waals surface area contributed by atoms with E-state index in [-0.39, 0.29) is 5.60 Å². The van der Waals surface area contributed by atoms with Crippen LogP contribution in [0.3, 0.4) is 0 Å². The predicted octanol–water partition coefficient (Wildman–Crippen LogP) is 2.80. The zero-order chi connectivity index (χ0) is 18.1. The molecule has 0 atom stereocenters. The fourth-order valence-corrected chi connectivity index (χ4v) is 4.23. The maximum absolute atomic E-state index is 6.37. The minimum atomic E-state index is -0.204. The molecular formula is C20H27N3O3. The summed E-state index contributed by atoms with van der Waals surface area (Å²) in [4.78, 5) is 10.1. The molecule has 2 aliphatic heterocycles. The van der Waals surface area contributed by atoms with E-state index in [1.165, 1.54) is 11.1 Å². The summed E-state index contributed by atoms with van der Waals surface area (Å²) < 4.78 is 17.4. The van der Waals surface area contributed by atoms with Gasteiger partial charge < -0.3 is 19.2 Å². The highest BCUT2D eigenvalue weighted by Gasteiger charge is 2.41. The number of aryl methyl sites for hydroxylation is 1.